The summed E-state index contributed by atoms with van der Waals surface area (Å²) in [6.07, 6.45) is 5.03. The Hall–Kier alpha value is -2.63. The number of aliphatic imine (C=N–C) groups is 1. The molecule has 0 bridgehead atoms. The maximum atomic E-state index is 11.6. The Morgan fingerprint density at radius 3 is 3.11 bits per heavy atom. The fourth-order valence-electron chi connectivity index (χ4n) is 2.07. The van der Waals surface area contributed by atoms with Crippen LogP contribution in [0.5, 0.6) is 5.88 Å². The molecule has 1 aliphatic rings. The molecule has 19 heavy (non-hydrogen) atoms. The number of nitrogens with one attached hydrogen (secondary N) is 1. The van der Waals surface area contributed by atoms with E-state index in [2.05, 4.69) is 15.0 Å². The van der Waals surface area contributed by atoms with Crippen molar-refractivity contribution in [1.82, 2.24) is 14.5 Å². The van der Waals surface area contributed by atoms with Gasteiger partial charge in [-0.3, -0.25) is 4.57 Å². The van der Waals surface area contributed by atoms with Crippen LogP contribution >= 0.6 is 0 Å². The molecule has 0 amide bonds. The molecule has 0 radical (unpaired) electrons. The van der Waals surface area contributed by atoms with Crippen LogP contribution in [0, 0.1) is 0 Å². The molecule has 0 spiro atoms. The predicted molar refractivity (Wildman–Crippen MR) is 72.7 cm³/mol. The largest absolute Gasteiger partial charge is 0.493 e. The van der Waals surface area contributed by atoms with Crippen molar-refractivity contribution >= 4 is 23.7 Å². The van der Waals surface area contributed by atoms with Crippen LogP contribution < -0.4 is 5.69 Å². The highest BCUT2D eigenvalue weighted by Gasteiger charge is 2.15. The van der Waals surface area contributed by atoms with E-state index in [9.17, 15) is 9.90 Å². The van der Waals surface area contributed by atoms with Gasteiger partial charge in [-0.05, 0) is 25.1 Å². The summed E-state index contributed by atoms with van der Waals surface area (Å²) in [5.74, 6) is 0.580. The van der Waals surface area contributed by atoms with Crippen LogP contribution in [0.2, 0.25) is 0 Å². The number of H-pyrrole nitrogens is 1. The highest BCUT2D eigenvalue weighted by molar-refractivity contribution is 6.20. The lowest BCUT2D eigenvalue weighted by Crippen LogP contribution is -2.14. The zero-order valence-corrected chi connectivity index (χ0v) is 10.3. The third kappa shape index (κ3) is 1.77. The molecule has 0 fully saturated rings. The molecule has 6 heteroatoms. The molecule has 96 valence electrons. The summed E-state index contributed by atoms with van der Waals surface area (Å²) in [6, 6.07) is 3.72. The van der Waals surface area contributed by atoms with Crippen molar-refractivity contribution in [3.05, 3.63) is 40.1 Å². The van der Waals surface area contributed by atoms with Crippen molar-refractivity contribution in [3.63, 3.8) is 0 Å². The van der Waals surface area contributed by atoms with Crippen LogP contribution in [0.4, 0.5) is 5.82 Å². The zero-order valence-electron chi connectivity index (χ0n) is 10.3. The van der Waals surface area contributed by atoms with E-state index in [4.69, 9.17) is 0 Å². The minimum absolute atomic E-state index is 0.0641. The molecule has 3 rings (SSSR count). The van der Waals surface area contributed by atoms with E-state index in [-0.39, 0.29) is 11.6 Å². The molecule has 0 aromatic carbocycles. The molecule has 0 saturated carbocycles. The summed E-state index contributed by atoms with van der Waals surface area (Å²) >= 11 is 0. The van der Waals surface area contributed by atoms with Gasteiger partial charge in [-0.2, -0.15) is 0 Å². The number of aromatic amines is 1. The fourth-order valence-corrected chi connectivity index (χ4v) is 2.07. The Morgan fingerprint density at radius 1 is 1.53 bits per heavy atom. The van der Waals surface area contributed by atoms with Crippen LogP contribution in [-0.4, -0.2) is 25.9 Å². The Morgan fingerprint density at radius 2 is 2.37 bits per heavy atom. The van der Waals surface area contributed by atoms with Crippen molar-refractivity contribution < 1.29 is 5.11 Å². The molecule has 3 heterocycles. The molecule has 0 atom stereocenters. The van der Waals surface area contributed by atoms with E-state index in [0.29, 0.717) is 18.1 Å². The van der Waals surface area contributed by atoms with Crippen molar-refractivity contribution in [2.75, 3.05) is 0 Å². The number of nitrogens with zero attached hydrogens (tertiary/aromatic N) is 3. The van der Waals surface area contributed by atoms with Gasteiger partial charge in [0.2, 0.25) is 5.88 Å². The minimum atomic E-state index is -0.326. The van der Waals surface area contributed by atoms with Gasteiger partial charge in [-0.25, -0.2) is 14.8 Å². The Kier molecular flexibility index (Phi) is 2.56. The molecule has 1 aliphatic heterocycles. The van der Waals surface area contributed by atoms with Gasteiger partial charge < -0.3 is 10.1 Å². The SMILES string of the molecule is CCn1c(O)c(C=C2C=Nc3ncccc32)[nH]c1=O. The summed E-state index contributed by atoms with van der Waals surface area (Å²) in [4.78, 5) is 22.5. The van der Waals surface area contributed by atoms with E-state index >= 15 is 0 Å². The van der Waals surface area contributed by atoms with Gasteiger partial charge >= 0.3 is 5.69 Å². The summed E-state index contributed by atoms with van der Waals surface area (Å²) < 4.78 is 1.27. The van der Waals surface area contributed by atoms with Crippen LogP contribution in [0.1, 0.15) is 18.2 Å². The molecule has 0 aliphatic carbocycles. The second kappa shape index (κ2) is 4.24. The Balaban J connectivity index is 2.10. The van der Waals surface area contributed by atoms with Gasteiger partial charge in [0.15, 0.2) is 5.82 Å². The van der Waals surface area contributed by atoms with Gasteiger partial charge in [0.05, 0.1) is 0 Å². The van der Waals surface area contributed by atoms with Gasteiger partial charge in [0.1, 0.15) is 5.69 Å². The van der Waals surface area contributed by atoms with E-state index in [1.54, 1.807) is 25.4 Å². The number of hydrogen-bond acceptors (Lipinski definition) is 4. The van der Waals surface area contributed by atoms with Crippen LogP contribution in [0.25, 0.3) is 11.6 Å². The first-order valence-corrected chi connectivity index (χ1v) is 5.93. The monoisotopic (exact) mass is 256 g/mol. The van der Waals surface area contributed by atoms with Crippen molar-refractivity contribution in [2.24, 2.45) is 4.99 Å². The zero-order chi connectivity index (χ0) is 13.4. The maximum Gasteiger partial charge on any atom is 0.328 e. The number of hydrogen-bond donors (Lipinski definition) is 2. The first kappa shape index (κ1) is 11.5. The highest BCUT2D eigenvalue weighted by Crippen LogP contribution is 2.30. The smallest absolute Gasteiger partial charge is 0.328 e. The normalized spacial score (nSPS) is 15.1. The number of fused-ring (bicyclic) bond motifs is 1. The number of rotatable bonds is 2. The number of aromatic nitrogens is 3. The molecule has 2 aromatic heterocycles. The first-order chi connectivity index (χ1) is 9.20. The van der Waals surface area contributed by atoms with Crippen LogP contribution in [-0.2, 0) is 6.54 Å². The number of imidazole rings is 1. The lowest BCUT2D eigenvalue weighted by molar-refractivity contribution is 0.417. The molecular formula is C13H12N4O2. The molecule has 0 saturated heterocycles. The number of allylic oxidation sites excluding steroid dienone is 1. The molecule has 0 unspecified atom stereocenters. The number of aromatic hydroxyl groups is 1. The van der Waals surface area contributed by atoms with E-state index in [1.165, 1.54) is 4.57 Å². The van der Waals surface area contributed by atoms with Crippen LogP contribution in [0.15, 0.2) is 28.1 Å². The molecule has 2 N–H and O–H groups in total. The molecular weight excluding hydrogens is 244 g/mol. The number of pyridine rings is 1. The Labute approximate surface area is 108 Å². The first-order valence-electron chi connectivity index (χ1n) is 5.93. The average molecular weight is 256 g/mol. The third-order valence-corrected chi connectivity index (χ3v) is 3.02. The van der Waals surface area contributed by atoms with Gasteiger partial charge in [-0.1, -0.05) is 0 Å². The lowest BCUT2D eigenvalue weighted by Gasteiger charge is -1.99. The maximum absolute atomic E-state index is 11.6. The Bertz CT molecular complexity index is 752. The summed E-state index contributed by atoms with van der Waals surface area (Å²) in [7, 11) is 0. The van der Waals surface area contributed by atoms with Gasteiger partial charge in [-0.15, -0.1) is 0 Å². The fraction of sp³-hybridized carbons (Fsp3) is 0.154. The lowest BCUT2D eigenvalue weighted by atomic mass is 10.1. The van der Waals surface area contributed by atoms with E-state index < -0.39 is 0 Å². The van der Waals surface area contributed by atoms with E-state index in [1.807, 2.05) is 12.1 Å². The second-order valence-electron chi connectivity index (χ2n) is 4.14. The second-order valence-corrected chi connectivity index (χ2v) is 4.14. The van der Waals surface area contributed by atoms with Crippen molar-refractivity contribution in [3.8, 4) is 5.88 Å². The molecule has 2 aromatic rings. The molecule has 6 nitrogen and oxygen atoms in total. The minimum Gasteiger partial charge on any atom is -0.493 e. The van der Waals surface area contributed by atoms with E-state index in [0.717, 1.165) is 11.1 Å². The quantitative estimate of drug-likeness (QED) is 0.855. The summed E-state index contributed by atoms with van der Waals surface area (Å²) in [6.45, 7) is 2.21. The predicted octanol–water partition coefficient (Wildman–Crippen LogP) is 1.55. The van der Waals surface area contributed by atoms with Crippen molar-refractivity contribution in [1.29, 1.82) is 0 Å². The van der Waals surface area contributed by atoms with Gasteiger partial charge in [0, 0.05) is 30.1 Å². The standard InChI is InChI=1S/C13H12N4O2/c1-2-17-12(18)10(16-13(17)19)6-8-7-15-11-9(8)4-3-5-14-11/h3-7,18H,2H2,1H3,(H,16,19). The summed E-state index contributed by atoms with van der Waals surface area (Å²) in [5, 5.41) is 9.94. The van der Waals surface area contributed by atoms with Crippen LogP contribution in [0.3, 0.4) is 0 Å². The van der Waals surface area contributed by atoms with Crippen molar-refractivity contribution in [2.45, 2.75) is 13.5 Å². The summed E-state index contributed by atoms with van der Waals surface area (Å²) in [5.41, 5.74) is 1.74. The average Bonchev–Trinajstić information content (AvgIpc) is 2.93. The third-order valence-electron chi connectivity index (χ3n) is 3.02. The van der Waals surface area contributed by atoms with Gasteiger partial charge in [0.25, 0.3) is 0 Å². The highest BCUT2D eigenvalue weighted by atomic mass is 16.3. The topological polar surface area (TPSA) is 83.3 Å².